The van der Waals surface area contributed by atoms with E-state index in [0.29, 0.717) is 10.6 Å². The third-order valence-electron chi connectivity index (χ3n) is 1.99. The maximum Gasteiger partial charge on any atom is 0.270 e. The van der Waals surface area contributed by atoms with Crippen molar-refractivity contribution < 1.29 is 4.79 Å². The second kappa shape index (κ2) is 5.44. The zero-order chi connectivity index (χ0) is 13.1. The van der Waals surface area contributed by atoms with Gasteiger partial charge in [0.15, 0.2) is 0 Å². The fraction of sp³-hybridized carbons (Fsp3) is 0. The van der Waals surface area contributed by atoms with Crippen molar-refractivity contribution >= 4 is 52.2 Å². The molecule has 6 nitrogen and oxygen atoms in total. The summed E-state index contributed by atoms with van der Waals surface area (Å²) in [6, 6.07) is 5.15. The van der Waals surface area contributed by atoms with Crippen LogP contribution < -0.4 is 5.32 Å². The van der Waals surface area contributed by atoms with Gasteiger partial charge in [-0.05, 0) is 46.0 Å². The van der Waals surface area contributed by atoms with Crippen LogP contribution in [0.5, 0.6) is 0 Å². The van der Waals surface area contributed by atoms with Crippen LogP contribution in [0, 0.1) is 3.57 Å². The van der Waals surface area contributed by atoms with E-state index in [9.17, 15) is 4.79 Å². The van der Waals surface area contributed by atoms with Crippen molar-refractivity contribution in [2.24, 2.45) is 0 Å². The Morgan fingerprint density at radius 1 is 1.56 bits per heavy atom. The number of rotatable bonds is 3. The van der Waals surface area contributed by atoms with Crippen LogP contribution in [0.4, 0.5) is 5.95 Å². The number of nitrogens with zero attached hydrogens (tertiary/aromatic N) is 4. The van der Waals surface area contributed by atoms with E-state index in [2.05, 4.69) is 49.9 Å². The first-order valence-electron chi connectivity index (χ1n) is 4.78. The fourth-order valence-electron chi connectivity index (χ4n) is 1.19. The van der Waals surface area contributed by atoms with Gasteiger partial charge in [0.1, 0.15) is 0 Å². The van der Waals surface area contributed by atoms with E-state index in [0.717, 1.165) is 8.37 Å². The number of anilines is 1. The normalized spacial score (nSPS) is 10.1. The molecule has 1 aromatic carbocycles. The van der Waals surface area contributed by atoms with E-state index >= 15 is 0 Å². The predicted molar refractivity (Wildman–Crippen MR) is 76.3 cm³/mol. The molecule has 0 aliphatic carbocycles. The standard InChI is InChI=1S/C10H7ClIN5O/c1-2-17-15-10(14-16-17)13-9(18)7-5-6(12)3-4-8(7)11/h2-5H,1H2,(H,13,15,18). The van der Waals surface area contributed by atoms with Gasteiger partial charge in [-0.25, -0.2) is 0 Å². The number of amides is 1. The highest BCUT2D eigenvalue weighted by Crippen LogP contribution is 2.19. The summed E-state index contributed by atoms with van der Waals surface area (Å²) in [4.78, 5) is 13.1. The van der Waals surface area contributed by atoms with Crippen LogP contribution in [0.1, 0.15) is 10.4 Å². The number of benzene rings is 1. The molecule has 18 heavy (non-hydrogen) atoms. The molecule has 0 aliphatic heterocycles. The molecule has 0 saturated carbocycles. The number of halogens is 2. The topological polar surface area (TPSA) is 72.7 Å². The van der Waals surface area contributed by atoms with Gasteiger partial charge in [-0.1, -0.05) is 23.3 Å². The van der Waals surface area contributed by atoms with Crippen molar-refractivity contribution in [2.75, 3.05) is 5.32 Å². The molecule has 92 valence electrons. The van der Waals surface area contributed by atoms with Crippen molar-refractivity contribution in [1.29, 1.82) is 0 Å². The SMILES string of the molecule is C=Cn1nnc(NC(=O)c2cc(I)ccc2Cl)n1. The van der Waals surface area contributed by atoms with Crippen molar-refractivity contribution in [3.05, 3.63) is 38.9 Å². The molecule has 0 bridgehead atoms. The van der Waals surface area contributed by atoms with Crippen LogP contribution >= 0.6 is 34.2 Å². The zero-order valence-corrected chi connectivity index (χ0v) is 11.9. The Bertz CT molecular complexity index is 612. The second-order valence-electron chi connectivity index (χ2n) is 3.19. The lowest BCUT2D eigenvalue weighted by Gasteiger charge is -2.03. The molecule has 0 unspecified atom stereocenters. The van der Waals surface area contributed by atoms with Crippen molar-refractivity contribution in [3.8, 4) is 0 Å². The average Bonchev–Trinajstić information content (AvgIpc) is 2.80. The first kappa shape index (κ1) is 13.0. The third kappa shape index (κ3) is 2.85. The third-order valence-corrected chi connectivity index (χ3v) is 2.99. The van der Waals surface area contributed by atoms with Crippen LogP contribution in [0.2, 0.25) is 5.02 Å². The van der Waals surface area contributed by atoms with Crippen molar-refractivity contribution in [1.82, 2.24) is 20.2 Å². The highest BCUT2D eigenvalue weighted by Gasteiger charge is 2.13. The molecule has 0 aliphatic rings. The summed E-state index contributed by atoms with van der Waals surface area (Å²) in [5.74, 6) is -0.294. The average molecular weight is 376 g/mol. The van der Waals surface area contributed by atoms with E-state index in [1.165, 1.54) is 6.20 Å². The van der Waals surface area contributed by atoms with Crippen LogP contribution in [0.15, 0.2) is 24.8 Å². The van der Waals surface area contributed by atoms with Gasteiger partial charge in [0.25, 0.3) is 11.9 Å². The van der Waals surface area contributed by atoms with Crippen LogP contribution in [0.25, 0.3) is 6.20 Å². The molecule has 0 fully saturated rings. The van der Waals surface area contributed by atoms with Gasteiger partial charge in [-0.2, -0.15) is 0 Å². The molecule has 2 aromatic rings. The molecule has 8 heteroatoms. The van der Waals surface area contributed by atoms with E-state index in [1.54, 1.807) is 12.1 Å². The molecule has 0 spiro atoms. The minimum absolute atomic E-state index is 0.0924. The Hall–Kier alpha value is -1.48. The van der Waals surface area contributed by atoms with E-state index < -0.39 is 0 Å². The number of hydrogen-bond acceptors (Lipinski definition) is 4. The number of nitrogens with one attached hydrogen (secondary N) is 1. The molecule has 0 atom stereocenters. The number of carbonyl (C=O) groups excluding carboxylic acids is 1. The van der Waals surface area contributed by atoms with Crippen LogP contribution in [0.3, 0.4) is 0 Å². The Labute approximate surface area is 121 Å². The lowest BCUT2D eigenvalue weighted by molar-refractivity contribution is 0.102. The Balaban J connectivity index is 2.21. The quantitative estimate of drug-likeness (QED) is 0.836. The largest absolute Gasteiger partial charge is 0.288 e. The predicted octanol–water partition coefficient (Wildman–Crippen LogP) is 2.28. The summed E-state index contributed by atoms with van der Waals surface area (Å²) in [5.41, 5.74) is 0.360. The summed E-state index contributed by atoms with van der Waals surface area (Å²) in [7, 11) is 0. The summed E-state index contributed by atoms with van der Waals surface area (Å²) in [5, 5.41) is 14.0. The van der Waals surface area contributed by atoms with Gasteiger partial charge in [0.05, 0.1) is 10.6 Å². The minimum Gasteiger partial charge on any atom is -0.288 e. The maximum absolute atomic E-state index is 11.9. The van der Waals surface area contributed by atoms with Crippen molar-refractivity contribution in [2.45, 2.75) is 0 Å². The monoisotopic (exact) mass is 375 g/mol. The smallest absolute Gasteiger partial charge is 0.270 e. The Kier molecular flexibility index (Phi) is 3.92. The highest BCUT2D eigenvalue weighted by molar-refractivity contribution is 14.1. The number of hydrogen-bond donors (Lipinski definition) is 1. The van der Waals surface area contributed by atoms with E-state index in [1.807, 2.05) is 6.07 Å². The molecule has 1 aromatic heterocycles. The van der Waals surface area contributed by atoms with Gasteiger partial charge < -0.3 is 0 Å². The van der Waals surface area contributed by atoms with Gasteiger partial charge in [0, 0.05) is 9.77 Å². The molecule has 0 radical (unpaired) electrons. The number of carbonyl (C=O) groups is 1. The summed E-state index contributed by atoms with van der Waals surface area (Å²) in [6.45, 7) is 3.47. The molecule has 0 saturated heterocycles. The summed E-state index contributed by atoms with van der Waals surface area (Å²) >= 11 is 8.04. The molecule has 2 rings (SSSR count). The molecular weight excluding hydrogens is 369 g/mol. The van der Waals surface area contributed by atoms with Gasteiger partial charge in [-0.3, -0.25) is 10.1 Å². The Morgan fingerprint density at radius 3 is 3.00 bits per heavy atom. The van der Waals surface area contributed by atoms with Crippen molar-refractivity contribution in [3.63, 3.8) is 0 Å². The first-order valence-corrected chi connectivity index (χ1v) is 6.24. The summed E-state index contributed by atoms with van der Waals surface area (Å²) < 4.78 is 0.907. The van der Waals surface area contributed by atoms with Crippen LogP contribution in [-0.2, 0) is 0 Å². The lowest BCUT2D eigenvalue weighted by atomic mass is 10.2. The van der Waals surface area contributed by atoms with E-state index in [-0.39, 0.29) is 11.9 Å². The molecule has 1 amide bonds. The van der Waals surface area contributed by atoms with Gasteiger partial charge in [-0.15, -0.1) is 9.90 Å². The molecular formula is C10H7ClIN5O. The maximum atomic E-state index is 11.9. The zero-order valence-electron chi connectivity index (χ0n) is 8.97. The first-order chi connectivity index (χ1) is 8.60. The lowest BCUT2D eigenvalue weighted by Crippen LogP contribution is -2.14. The highest BCUT2D eigenvalue weighted by atomic mass is 127. The fourth-order valence-corrected chi connectivity index (χ4v) is 1.89. The molecule has 1 N–H and O–H groups in total. The van der Waals surface area contributed by atoms with Gasteiger partial charge in [0.2, 0.25) is 0 Å². The van der Waals surface area contributed by atoms with Gasteiger partial charge >= 0.3 is 0 Å². The van der Waals surface area contributed by atoms with Crippen LogP contribution in [-0.4, -0.2) is 26.1 Å². The Morgan fingerprint density at radius 2 is 2.33 bits per heavy atom. The minimum atomic E-state index is -0.387. The van der Waals surface area contributed by atoms with E-state index in [4.69, 9.17) is 11.6 Å². The second-order valence-corrected chi connectivity index (χ2v) is 4.85. The summed E-state index contributed by atoms with van der Waals surface area (Å²) in [6.07, 6.45) is 1.36. The molecule has 1 heterocycles. The number of tetrazole rings is 1. The number of aromatic nitrogens is 4.